The van der Waals surface area contributed by atoms with E-state index in [0.29, 0.717) is 17.9 Å². The molecule has 0 aliphatic rings. The van der Waals surface area contributed by atoms with Crippen molar-refractivity contribution in [2.24, 2.45) is 0 Å². The van der Waals surface area contributed by atoms with Gasteiger partial charge in [-0.2, -0.15) is 0 Å². The summed E-state index contributed by atoms with van der Waals surface area (Å²) in [7, 11) is 3.40. The molecule has 0 aromatic heterocycles. The second kappa shape index (κ2) is 6.74. The average molecular weight is 280 g/mol. The number of rotatable bonds is 6. The zero-order chi connectivity index (χ0) is 15.3. The van der Waals surface area contributed by atoms with Crippen LogP contribution in [0, 0.1) is 10.1 Å². The molecule has 7 nitrogen and oxygen atoms in total. The monoisotopic (exact) mass is 280 g/mol. The van der Waals surface area contributed by atoms with E-state index < -0.39 is 11.0 Å². The fourth-order valence-electron chi connectivity index (χ4n) is 1.74. The number of amides is 1. The molecule has 1 unspecified atom stereocenters. The van der Waals surface area contributed by atoms with Gasteiger partial charge in [0.05, 0.1) is 4.92 Å². The zero-order valence-corrected chi connectivity index (χ0v) is 12.1. The van der Waals surface area contributed by atoms with Crippen LogP contribution in [0.3, 0.4) is 0 Å². The minimum atomic E-state index is -0.462. The molecular formula is C13H20N4O3. The molecule has 0 bridgehead atoms. The van der Waals surface area contributed by atoms with Crippen molar-refractivity contribution >= 4 is 23.0 Å². The van der Waals surface area contributed by atoms with Gasteiger partial charge in [-0.05, 0) is 19.9 Å². The van der Waals surface area contributed by atoms with Crippen LogP contribution in [0.5, 0.6) is 0 Å². The third kappa shape index (κ3) is 3.84. The number of anilines is 2. The highest BCUT2D eigenvalue weighted by Crippen LogP contribution is 2.24. The first-order valence-electron chi connectivity index (χ1n) is 6.37. The lowest BCUT2D eigenvalue weighted by molar-refractivity contribution is -0.384. The van der Waals surface area contributed by atoms with E-state index in [1.54, 1.807) is 32.0 Å². The highest BCUT2D eigenvalue weighted by molar-refractivity contribution is 5.84. The van der Waals surface area contributed by atoms with E-state index in [0.717, 1.165) is 0 Å². The molecule has 0 spiro atoms. The number of nitrogens with zero attached hydrogens (tertiary/aromatic N) is 2. The fourth-order valence-corrected chi connectivity index (χ4v) is 1.74. The highest BCUT2D eigenvalue weighted by atomic mass is 16.6. The molecule has 0 radical (unpaired) electrons. The molecule has 1 rings (SSSR count). The Bertz CT molecular complexity index is 504. The molecule has 1 atom stereocenters. The first kappa shape index (κ1) is 15.7. The number of non-ortho nitro benzene ring substituents is 1. The van der Waals surface area contributed by atoms with Crippen LogP contribution < -0.4 is 10.6 Å². The minimum Gasteiger partial charge on any atom is -0.388 e. The summed E-state index contributed by atoms with van der Waals surface area (Å²) < 4.78 is 0. The van der Waals surface area contributed by atoms with E-state index in [1.165, 1.54) is 12.1 Å². The number of carbonyl (C=O) groups is 1. The van der Waals surface area contributed by atoms with Crippen molar-refractivity contribution in [3.8, 4) is 0 Å². The maximum absolute atomic E-state index is 12.0. The van der Waals surface area contributed by atoms with Crippen molar-refractivity contribution in [3.05, 3.63) is 28.3 Å². The van der Waals surface area contributed by atoms with E-state index in [2.05, 4.69) is 10.6 Å². The third-order valence-electron chi connectivity index (χ3n) is 3.02. The van der Waals surface area contributed by atoms with Crippen molar-refractivity contribution in [1.82, 2.24) is 4.90 Å². The Labute approximate surface area is 118 Å². The van der Waals surface area contributed by atoms with E-state index in [-0.39, 0.29) is 11.6 Å². The van der Waals surface area contributed by atoms with Gasteiger partial charge in [0.2, 0.25) is 5.91 Å². The number of hydrogen-bond acceptors (Lipinski definition) is 5. The van der Waals surface area contributed by atoms with Crippen molar-refractivity contribution in [3.63, 3.8) is 0 Å². The van der Waals surface area contributed by atoms with Gasteiger partial charge in [-0.25, -0.2) is 0 Å². The van der Waals surface area contributed by atoms with Crippen molar-refractivity contribution in [2.75, 3.05) is 31.3 Å². The molecular weight excluding hydrogens is 260 g/mol. The summed E-state index contributed by atoms with van der Waals surface area (Å²) >= 11 is 0. The first-order valence-corrected chi connectivity index (χ1v) is 6.37. The molecule has 0 aliphatic heterocycles. The molecule has 20 heavy (non-hydrogen) atoms. The Balaban J connectivity index is 2.94. The molecule has 0 aliphatic carbocycles. The summed E-state index contributed by atoms with van der Waals surface area (Å²) in [5.74, 6) is -0.0648. The van der Waals surface area contributed by atoms with Gasteiger partial charge < -0.3 is 15.5 Å². The van der Waals surface area contributed by atoms with Gasteiger partial charge in [0.25, 0.3) is 5.69 Å². The van der Waals surface area contributed by atoms with Crippen LogP contribution >= 0.6 is 0 Å². The summed E-state index contributed by atoms with van der Waals surface area (Å²) in [6.07, 6.45) is 0. The quantitative estimate of drug-likeness (QED) is 0.614. The van der Waals surface area contributed by atoms with Crippen molar-refractivity contribution in [1.29, 1.82) is 0 Å². The van der Waals surface area contributed by atoms with Crippen LogP contribution in [0.15, 0.2) is 18.2 Å². The first-order chi connectivity index (χ1) is 9.38. The number of nitrogens with one attached hydrogen (secondary N) is 2. The molecule has 1 aromatic carbocycles. The van der Waals surface area contributed by atoms with Gasteiger partial charge in [-0.3, -0.25) is 14.9 Å². The maximum Gasteiger partial charge on any atom is 0.273 e. The van der Waals surface area contributed by atoms with Gasteiger partial charge in [-0.15, -0.1) is 0 Å². The number of nitro groups is 1. The molecule has 0 saturated carbocycles. The smallest absolute Gasteiger partial charge is 0.273 e. The van der Waals surface area contributed by atoms with Crippen LogP contribution in [-0.4, -0.2) is 42.4 Å². The van der Waals surface area contributed by atoms with E-state index >= 15 is 0 Å². The number of likely N-dealkylation sites (N-methyl/N-ethyl adjacent to an activating group) is 1. The summed E-state index contributed by atoms with van der Waals surface area (Å²) in [5.41, 5.74) is 1.13. The van der Waals surface area contributed by atoms with Crippen LogP contribution in [0.1, 0.15) is 13.8 Å². The van der Waals surface area contributed by atoms with Gasteiger partial charge in [0, 0.05) is 44.1 Å². The fraction of sp³-hybridized carbons (Fsp3) is 0.462. The Hall–Kier alpha value is -2.31. The van der Waals surface area contributed by atoms with Crippen molar-refractivity contribution < 1.29 is 9.72 Å². The third-order valence-corrected chi connectivity index (χ3v) is 3.02. The second-order valence-corrected chi connectivity index (χ2v) is 4.49. The van der Waals surface area contributed by atoms with E-state index in [4.69, 9.17) is 0 Å². The maximum atomic E-state index is 12.0. The molecule has 1 aromatic rings. The number of carbonyl (C=O) groups excluding carboxylic acids is 1. The number of hydrogen-bond donors (Lipinski definition) is 2. The van der Waals surface area contributed by atoms with E-state index in [1.807, 2.05) is 6.92 Å². The average Bonchev–Trinajstić information content (AvgIpc) is 2.44. The lowest BCUT2D eigenvalue weighted by Gasteiger charge is -2.21. The Kier molecular flexibility index (Phi) is 5.31. The molecule has 110 valence electrons. The zero-order valence-electron chi connectivity index (χ0n) is 12.1. The SMILES string of the molecule is CCN(C)C(=O)C(C)Nc1cc(NC)cc([N+](=O)[O-])c1. The van der Waals surface area contributed by atoms with Crippen LogP contribution in [0.2, 0.25) is 0 Å². The molecule has 7 heteroatoms. The topological polar surface area (TPSA) is 87.5 Å². The summed E-state index contributed by atoms with van der Waals surface area (Å²) in [5, 5.41) is 16.7. The molecule has 0 saturated heterocycles. The molecule has 2 N–H and O–H groups in total. The normalized spacial score (nSPS) is 11.6. The highest BCUT2D eigenvalue weighted by Gasteiger charge is 2.17. The largest absolute Gasteiger partial charge is 0.388 e. The Morgan fingerprint density at radius 2 is 2.00 bits per heavy atom. The Morgan fingerprint density at radius 3 is 2.50 bits per heavy atom. The summed E-state index contributed by atoms with van der Waals surface area (Å²) in [6.45, 7) is 4.23. The van der Waals surface area contributed by atoms with Crippen LogP contribution in [-0.2, 0) is 4.79 Å². The molecule has 1 amide bonds. The van der Waals surface area contributed by atoms with Crippen LogP contribution in [0.4, 0.5) is 17.1 Å². The Morgan fingerprint density at radius 1 is 1.40 bits per heavy atom. The summed E-state index contributed by atoms with van der Waals surface area (Å²) in [6, 6.07) is 4.13. The van der Waals surface area contributed by atoms with Gasteiger partial charge >= 0.3 is 0 Å². The van der Waals surface area contributed by atoms with Crippen LogP contribution in [0.25, 0.3) is 0 Å². The molecule has 0 fully saturated rings. The summed E-state index contributed by atoms with van der Waals surface area (Å²) in [4.78, 5) is 24.0. The lowest BCUT2D eigenvalue weighted by atomic mass is 10.2. The standard InChI is InChI=1S/C13H20N4O3/c1-5-16(4)13(18)9(2)15-11-6-10(14-3)7-12(8-11)17(19)20/h6-9,14-15H,5H2,1-4H3. The number of benzene rings is 1. The number of nitro benzene ring substituents is 1. The van der Waals surface area contributed by atoms with Gasteiger partial charge in [0.1, 0.15) is 6.04 Å². The van der Waals surface area contributed by atoms with Gasteiger partial charge in [-0.1, -0.05) is 0 Å². The lowest BCUT2D eigenvalue weighted by Crippen LogP contribution is -2.38. The van der Waals surface area contributed by atoms with Gasteiger partial charge in [0.15, 0.2) is 0 Å². The van der Waals surface area contributed by atoms with Crippen molar-refractivity contribution in [2.45, 2.75) is 19.9 Å². The predicted molar refractivity (Wildman–Crippen MR) is 79.0 cm³/mol. The molecule has 0 heterocycles. The second-order valence-electron chi connectivity index (χ2n) is 4.49. The predicted octanol–water partition coefficient (Wildman–Crippen LogP) is 1.92. The minimum absolute atomic E-state index is 0.0251. The van der Waals surface area contributed by atoms with E-state index in [9.17, 15) is 14.9 Å².